The summed E-state index contributed by atoms with van der Waals surface area (Å²) in [5.41, 5.74) is 3.81. The molecule has 2 aromatic carbocycles. The van der Waals surface area contributed by atoms with Gasteiger partial charge < -0.3 is 10.1 Å². The standard InChI is InChI=1S/C28H27F4N5O2/c1-17-5-4-6-24(29)23(17)11-12-26(27(38)33-16-28(30,31)32)37-15-25(35-36-37)20-7-9-21(10-8-20)39-22-13-18(2)34-19(3)14-22/h4-10,13-15,26H,11-12,16H2,1-3H3,(H,33,38). The van der Waals surface area contributed by atoms with E-state index in [2.05, 4.69) is 15.3 Å². The summed E-state index contributed by atoms with van der Waals surface area (Å²) in [6.45, 7) is 4.00. The number of nitrogens with zero attached hydrogens (tertiary/aromatic N) is 4. The van der Waals surface area contributed by atoms with E-state index in [0.29, 0.717) is 33.9 Å². The molecule has 0 radical (unpaired) electrons. The van der Waals surface area contributed by atoms with E-state index in [1.807, 2.05) is 31.3 Å². The number of aryl methyl sites for hydroxylation is 3. The first-order valence-electron chi connectivity index (χ1n) is 12.2. The highest BCUT2D eigenvalue weighted by Gasteiger charge is 2.31. The molecule has 0 aliphatic rings. The van der Waals surface area contributed by atoms with Crippen molar-refractivity contribution in [2.24, 2.45) is 0 Å². The summed E-state index contributed by atoms with van der Waals surface area (Å²) in [6.07, 6.45) is -2.95. The third-order valence-electron chi connectivity index (χ3n) is 6.06. The minimum absolute atomic E-state index is 0.0197. The lowest BCUT2D eigenvalue weighted by Gasteiger charge is -2.18. The Kier molecular flexibility index (Phi) is 8.27. The first kappa shape index (κ1) is 27.7. The number of hydrogen-bond acceptors (Lipinski definition) is 5. The Morgan fingerprint density at radius 1 is 1.03 bits per heavy atom. The molecule has 1 atom stereocenters. The third kappa shape index (κ3) is 7.40. The van der Waals surface area contributed by atoms with Crippen LogP contribution in [-0.2, 0) is 11.2 Å². The Labute approximate surface area is 222 Å². The highest BCUT2D eigenvalue weighted by atomic mass is 19.4. The highest BCUT2D eigenvalue weighted by molar-refractivity contribution is 5.80. The largest absolute Gasteiger partial charge is 0.457 e. The van der Waals surface area contributed by atoms with E-state index in [1.165, 1.54) is 16.9 Å². The number of rotatable bonds is 9. The number of pyridine rings is 1. The molecule has 0 bridgehead atoms. The lowest BCUT2D eigenvalue weighted by Crippen LogP contribution is -2.39. The predicted octanol–water partition coefficient (Wildman–Crippen LogP) is 6.05. The lowest BCUT2D eigenvalue weighted by atomic mass is 10.00. The molecule has 39 heavy (non-hydrogen) atoms. The number of halogens is 4. The monoisotopic (exact) mass is 541 g/mol. The summed E-state index contributed by atoms with van der Waals surface area (Å²) in [7, 11) is 0. The van der Waals surface area contributed by atoms with E-state index in [0.717, 1.165) is 11.4 Å². The molecule has 7 nitrogen and oxygen atoms in total. The zero-order chi connectivity index (χ0) is 28.2. The van der Waals surface area contributed by atoms with E-state index in [4.69, 9.17) is 4.74 Å². The predicted molar refractivity (Wildman–Crippen MR) is 137 cm³/mol. The first-order chi connectivity index (χ1) is 18.5. The smallest absolute Gasteiger partial charge is 0.405 e. The molecule has 0 aliphatic heterocycles. The van der Waals surface area contributed by atoms with E-state index < -0.39 is 30.5 Å². The Morgan fingerprint density at radius 2 is 1.72 bits per heavy atom. The van der Waals surface area contributed by atoms with Gasteiger partial charge in [-0.15, -0.1) is 5.10 Å². The fraction of sp³-hybridized carbons (Fsp3) is 0.286. The quantitative estimate of drug-likeness (QED) is 0.261. The van der Waals surface area contributed by atoms with Crippen molar-refractivity contribution in [3.63, 3.8) is 0 Å². The van der Waals surface area contributed by atoms with Gasteiger partial charge >= 0.3 is 6.18 Å². The average Bonchev–Trinajstić information content (AvgIpc) is 3.34. The number of carbonyl (C=O) groups excluding carboxylic acids is 1. The van der Waals surface area contributed by atoms with Crippen molar-refractivity contribution in [3.05, 3.63) is 89.1 Å². The first-order valence-corrected chi connectivity index (χ1v) is 12.2. The Balaban J connectivity index is 1.53. The second-order valence-electron chi connectivity index (χ2n) is 9.22. The van der Waals surface area contributed by atoms with Gasteiger partial charge in [0.05, 0.1) is 6.20 Å². The maximum Gasteiger partial charge on any atom is 0.405 e. The van der Waals surface area contributed by atoms with Crippen LogP contribution < -0.4 is 10.1 Å². The number of alkyl halides is 3. The fourth-order valence-corrected chi connectivity index (χ4v) is 4.20. The van der Waals surface area contributed by atoms with Crippen LogP contribution in [0.2, 0.25) is 0 Å². The van der Waals surface area contributed by atoms with Crippen molar-refractivity contribution >= 4 is 5.91 Å². The summed E-state index contributed by atoms with van der Waals surface area (Å²) in [6, 6.07) is 14.1. The van der Waals surface area contributed by atoms with Crippen LogP contribution in [0.5, 0.6) is 11.5 Å². The van der Waals surface area contributed by atoms with Crippen molar-refractivity contribution in [1.29, 1.82) is 0 Å². The van der Waals surface area contributed by atoms with Gasteiger partial charge in [-0.05, 0) is 75.1 Å². The maximum atomic E-state index is 14.3. The molecule has 1 unspecified atom stereocenters. The zero-order valence-electron chi connectivity index (χ0n) is 21.6. The minimum Gasteiger partial charge on any atom is -0.457 e. The van der Waals surface area contributed by atoms with Crippen molar-refractivity contribution < 1.29 is 27.1 Å². The van der Waals surface area contributed by atoms with Crippen LogP contribution >= 0.6 is 0 Å². The second-order valence-corrected chi connectivity index (χ2v) is 9.22. The van der Waals surface area contributed by atoms with Crippen LogP contribution in [0.4, 0.5) is 17.6 Å². The maximum absolute atomic E-state index is 14.3. The Hall–Kier alpha value is -4.28. The van der Waals surface area contributed by atoms with Crippen molar-refractivity contribution in [1.82, 2.24) is 25.3 Å². The molecule has 2 aromatic heterocycles. The van der Waals surface area contributed by atoms with Crippen molar-refractivity contribution in [2.75, 3.05) is 6.54 Å². The molecule has 4 rings (SSSR count). The molecule has 0 aliphatic carbocycles. The SMILES string of the molecule is Cc1cc(Oc2ccc(-c3cn(C(CCc4c(C)cccc4F)C(=O)NCC(F)(F)F)nn3)cc2)cc(C)n1. The lowest BCUT2D eigenvalue weighted by molar-refractivity contribution is -0.140. The van der Waals surface area contributed by atoms with Gasteiger partial charge in [0.2, 0.25) is 5.91 Å². The number of ether oxygens (including phenoxy) is 1. The van der Waals surface area contributed by atoms with Crippen molar-refractivity contribution in [3.8, 4) is 22.8 Å². The number of aromatic nitrogens is 4. The summed E-state index contributed by atoms with van der Waals surface area (Å²) >= 11 is 0. The molecule has 1 N–H and O–H groups in total. The number of nitrogens with one attached hydrogen (secondary N) is 1. The van der Waals surface area contributed by atoms with Gasteiger partial charge in [-0.2, -0.15) is 13.2 Å². The highest BCUT2D eigenvalue weighted by Crippen LogP contribution is 2.27. The molecular weight excluding hydrogens is 514 g/mol. The van der Waals surface area contributed by atoms with Crippen LogP contribution in [0.25, 0.3) is 11.3 Å². The Bertz CT molecular complexity index is 1410. The summed E-state index contributed by atoms with van der Waals surface area (Å²) in [5.74, 6) is -0.0927. The third-order valence-corrected chi connectivity index (χ3v) is 6.06. The number of benzene rings is 2. The Morgan fingerprint density at radius 3 is 2.36 bits per heavy atom. The van der Waals surface area contributed by atoms with Gasteiger partial charge in [0.15, 0.2) is 0 Å². The van der Waals surface area contributed by atoms with Gasteiger partial charge in [0.1, 0.15) is 35.6 Å². The number of carbonyl (C=O) groups is 1. The normalized spacial score (nSPS) is 12.3. The topological polar surface area (TPSA) is 81.9 Å². The molecule has 0 spiro atoms. The molecule has 11 heteroatoms. The second kappa shape index (κ2) is 11.6. The van der Waals surface area contributed by atoms with Gasteiger partial charge in [-0.3, -0.25) is 9.78 Å². The van der Waals surface area contributed by atoms with Gasteiger partial charge in [-0.1, -0.05) is 17.3 Å². The molecule has 1 amide bonds. The van der Waals surface area contributed by atoms with Crippen LogP contribution in [-0.4, -0.2) is 38.6 Å². The molecule has 0 fully saturated rings. The van der Waals surface area contributed by atoms with Crippen molar-refractivity contribution in [2.45, 2.75) is 45.8 Å². The fourth-order valence-electron chi connectivity index (χ4n) is 4.20. The summed E-state index contributed by atoms with van der Waals surface area (Å²) in [5, 5.41) is 10.0. The van der Waals surface area contributed by atoms with E-state index >= 15 is 0 Å². The van der Waals surface area contributed by atoms with Crippen LogP contribution in [0, 0.1) is 26.6 Å². The molecule has 4 aromatic rings. The molecule has 204 valence electrons. The summed E-state index contributed by atoms with van der Waals surface area (Å²) in [4.78, 5) is 17.1. The molecule has 2 heterocycles. The zero-order valence-corrected chi connectivity index (χ0v) is 21.6. The molecule has 0 saturated carbocycles. The average molecular weight is 542 g/mol. The van der Waals surface area contributed by atoms with Gasteiger partial charge in [-0.25, -0.2) is 9.07 Å². The molecule has 0 saturated heterocycles. The van der Waals surface area contributed by atoms with Gasteiger partial charge in [0.25, 0.3) is 0 Å². The van der Waals surface area contributed by atoms with Gasteiger partial charge in [0, 0.05) is 29.1 Å². The van der Waals surface area contributed by atoms with Crippen LogP contribution in [0.1, 0.15) is 35.0 Å². The number of hydrogen-bond donors (Lipinski definition) is 1. The summed E-state index contributed by atoms with van der Waals surface area (Å²) < 4.78 is 59.7. The van der Waals surface area contributed by atoms with E-state index in [-0.39, 0.29) is 12.8 Å². The number of amides is 1. The van der Waals surface area contributed by atoms with E-state index in [1.54, 1.807) is 43.3 Å². The van der Waals surface area contributed by atoms with E-state index in [9.17, 15) is 22.4 Å². The van der Waals surface area contributed by atoms with Crippen LogP contribution in [0.15, 0.2) is 60.8 Å². The van der Waals surface area contributed by atoms with Crippen LogP contribution in [0.3, 0.4) is 0 Å². The minimum atomic E-state index is -4.58. The molecular formula is C28H27F4N5O2.